The van der Waals surface area contributed by atoms with Gasteiger partial charge in [-0.25, -0.2) is 0 Å². The van der Waals surface area contributed by atoms with E-state index in [1.807, 2.05) is 6.92 Å². The van der Waals surface area contributed by atoms with Crippen molar-refractivity contribution in [2.45, 2.75) is 38.4 Å². The zero-order chi connectivity index (χ0) is 11.5. The molecule has 0 radical (unpaired) electrons. The zero-order valence-corrected chi connectivity index (χ0v) is 10.1. The Balaban J connectivity index is 1.98. The van der Waals surface area contributed by atoms with Crippen molar-refractivity contribution in [3.8, 4) is 0 Å². The standard InChI is InChI=1S/C12H20O4/c1-4-15-11-7-9-8(12(13-2)14-3)5-6-10(9)16-11/h5,9-12H,4,6-7H2,1-3H3/t9-,10+,11-/m0/s1. The number of methoxy groups -OCH3 is 2. The molecular formula is C12H20O4. The first kappa shape index (κ1) is 12.0. The maximum Gasteiger partial charge on any atom is 0.179 e. The van der Waals surface area contributed by atoms with Crippen molar-refractivity contribution in [2.24, 2.45) is 5.92 Å². The molecule has 1 heterocycles. The first-order chi connectivity index (χ1) is 7.80. The summed E-state index contributed by atoms with van der Waals surface area (Å²) in [6.07, 6.45) is 3.98. The van der Waals surface area contributed by atoms with Gasteiger partial charge in [-0.15, -0.1) is 0 Å². The van der Waals surface area contributed by atoms with Crippen molar-refractivity contribution < 1.29 is 18.9 Å². The summed E-state index contributed by atoms with van der Waals surface area (Å²) in [7, 11) is 3.33. The van der Waals surface area contributed by atoms with Gasteiger partial charge in [-0.3, -0.25) is 0 Å². The molecule has 1 fully saturated rings. The molecule has 1 aliphatic heterocycles. The van der Waals surface area contributed by atoms with E-state index in [2.05, 4.69) is 6.08 Å². The molecule has 16 heavy (non-hydrogen) atoms. The van der Waals surface area contributed by atoms with Crippen LogP contribution in [0.25, 0.3) is 0 Å². The molecular weight excluding hydrogens is 208 g/mol. The fraction of sp³-hybridized carbons (Fsp3) is 0.833. The first-order valence-electron chi connectivity index (χ1n) is 5.82. The van der Waals surface area contributed by atoms with Crippen LogP contribution < -0.4 is 0 Å². The minimum absolute atomic E-state index is 0.0573. The van der Waals surface area contributed by atoms with E-state index in [1.165, 1.54) is 5.57 Å². The summed E-state index contributed by atoms with van der Waals surface area (Å²) in [5.41, 5.74) is 1.21. The Morgan fingerprint density at radius 1 is 1.44 bits per heavy atom. The molecule has 92 valence electrons. The monoisotopic (exact) mass is 228 g/mol. The summed E-state index contributed by atoms with van der Waals surface area (Å²) < 4.78 is 21.9. The molecule has 2 aliphatic rings. The van der Waals surface area contributed by atoms with Crippen LogP contribution in [0.2, 0.25) is 0 Å². The largest absolute Gasteiger partial charge is 0.353 e. The van der Waals surface area contributed by atoms with E-state index in [0.29, 0.717) is 12.5 Å². The summed E-state index contributed by atoms with van der Waals surface area (Å²) in [5.74, 6) is 0.390. The zero-order valence-electron chi connectivity index (χ0n) is 10.1. The number of hydrogen-bond donors (Lipinski definition) is 0. The highest BCUT2D eigenvalue weighted by molar-refractivity contribution is 5.20. The van der Waals surface area contributed by atoms with Crippen molar-refractivity contribution in [2.75, 3.05) is 20.8 Å². The molecule has 0 aromatic heterocycles. The van der Waals surface area contributed by atoms with Gasteiger partial charge in [0.2, 0.25) is 0 Å². The van der Waals surface area contributed by atoms with Gasteiger partial charge < -0.3 is 18.9 Å². The molecule has 4 heteroatoms. The summed E-state index contributed by atoms with van der Waals surface area (Å²) in [5, 5.41) is 0. The highest BCUT2D eigenvalue weighted by Gasteiger charge is 2.42. The molecule has 0 aromatic carbocycles. The summed E-state index contributed by atoms with van der Waals surface area (Å²) >= 11 is 0. The van der Waals surface area contributed by atoms with E-state index in [4.69, 9.17) is 18.9 Å². The number of ether oxygens (including phenoxy) is 4. The Bertz CT molecular complexity index is 260. The lowest BCUT2D eigenvalue weighted by atomic mass is 9.97. The van der Waals surface area contributed by atoms with Crippen LogP contribution in [0.4, 0.5) is 0 Å². The van der Waals surface area contributed by atoms with Crippen LogP contribution in [0.15, 0.2) is 11.6 Å². The van der Waals surface area contributed by atoms with E-state index in [9.17, 15) is 0 Å². The van der Waals surface area contributed by atoms with E-state index in [0.717, 1.165) is 12.8 Å². The summed E-state index contributed by atoms with van der Waals surface area (Å²) in [6, 6.07) is 0. The van der Waals surface area contributed by atoms with Crippen LogP contribution in [0.1, 0.15) is 19.8 Å². The molecule has 0 aromatic rings. The Hall–Kier alpha value is -0.420. The van der Waals surface area contributed by atoms with Crippen LogP contribution in [-0.2, 0) is 18.9 Å². The Morgan fingerprint density at radius 3 is 2.81 bits per heavy atom. The maximum atomic E-state index is 5.81. The fourth-order valence-electron chi connectivity index (χ4n) is 2.61. The first-order valence-corrected chi connectivity index (χ1v) is 5.82. The van der Waals surface area contributed by atoms with Gasteiger partial charge in [0.15, 0.2) is 12.6 Å². The molecule has 4 nitrogen and oxygen atoms in total. The number of rotatable bonds is 5. The average molecular weight is 228 g/mol. The van der Waals surface area contributed by atoms with Gasteiger partial charge in [-0.05, 0) is 18.9 Å². The van der Waals surface area contributed by atoms with Crippen molar-refractivity contribution >= 4 is 0 Å². The van der Waals surface area contributed by atoms with E-state index in [-0.39, 0.29) is 18.7 Å². The van der Waals surface area contributed by atoms with E-state index >= 15 is 0 Å². The predicted octanol–water partition coefficient (Wildman–Crippen LogP) is 1.70. The number of hydrogen-bond acceptors (Lipinski definition) is 4. The van der Waals surface area contributed by atoms with Gasteiger partial charge >= 0.3 is 0 Å². The van der Waals surface area contributed by atoms with Gasteiger partial charge in [-0.1, -0.05) is 6.08 Å². The maximum absolute atomic E-state index is 5.81. The van der Waals surface area contributed by atoms with Gasteiger partial charge in [0, 0.05) is 33.2 Å². The molecule has 1 saturated heterocycles. The second kappa shape index (κ2) is 5.27. The predicted molar refractivity (Wildman–Crippen MR) is 58.9 cm³/mol. The Labute approximate surface area is 96.5 Å². The van der Waals surface area contributed by atoms with Crippen LogP contribution in [0, 0.1) is 5.92 Å². The van der Waals surface area contributed by atoms with E-state index < -0.39 is 0 Å². The van der Waals surface area contributed by atoms with Crippen molar-refractivity contribution in [1.29, 1.82) is 0 Å². The molecule has 0 saturated carbocycles. The van der Waals surface area contributed by atoms with Gasteiger partial charge in [0.25, 0.3) is 0 Å². The molecule has 2 rings (SSSR count). The lowest BCUT2D eigenvalue weighted by molar-refractivity contribution is -0.129. The highest BCUT2D eigenvalue weighted by atomic mass is 16.7. The Kier molecular flexibility index (Phi) is 3.97. The normalized spacial score (nSPS) is 33.2. The quantitative estimate of drug-likeness (QED) is 0.530. The van der Waals surface area contributed by atoms with Crippen molar-refractivity contribution in [3.63, 3.8) is 0 Å². The summed E-state index contributed by atoms with van der Waals surface area (Å²) in [4.78, 5) is 0. The third kappa shape index (κ3) is 2.15. The smallest absolute Gasteiger partial charge is 0.179 e. The minimum atomic E-state index is -0.237. The van der Waals surface area contributed by atoms with Crippen LogP contribution in [0.3, 0.4) is 0 Å². The highest BCUT2D eigenvalue weighted by Crippen LogP contribution is 2.41. The molecule has 0 bridgehead atoms. The number of fused-ring (bicyclic) bond motifs is 1. The molecule has 1 aliphatic carbocycles. The van der Waals surface area contributed by atoms with Gasteiger partial charge in [0.1, 0.15) is 0 Å². The molecule has 0 N–H and O–H groups in total. The lowest BCUT2D eigenvalue weighted by Crippen LogP contribution is -2.22. The molecule has 0 amide bonds. The van der Waals surface area contributed by atoms with E-state index in [1.54, 1.807) is 14.2 Å². The average Bonchev–Trinajstić information content (AvgIpc) is 2.82. The van der Waals surface area contributed by atoms with Crippen molar-refractivity contribution in [1.82, 2.24) is 0 Å². The molecule has 0 unspecified atom stereocenters. The third-order valence-corrected chi connectivity index (χ3v) is 3.29. The molecule has 0 spiro atoms. The van der Waals surface area contributed by atoms with Crippen molar-refractivity contribution in [3.05, 3.63) is 11.6 Å². The summed E-state index contributed by atoms with van der Waals surface area (Å²) in [6.45, 7) is 2.68. The minimum Gasteiger partial charge on any atom is -0.353 e. The van der Waals surface area contributed by atoms with Crippen LogP contribution >= 0.6 is 0 Å². The van der Waals surface area contributed by atoms with Crippen LogP contribution in [-0.4, -0.2) is 39.5 Å². The second-order valence-corrected chi connectivity index (χ2v) is 4.14. The Morgan fingerprint density at radius 2 is 2.19 bits per heavy atom. The van der Waals surface area contributed by atoms with Gasteiger partial charge in [0.05, 0.1) is 6.10 Å². The fourth-order valence-corrected chi connectivity index (χ4v) is 2.61. The SMILES string of the molecule is CCO[C@@H]1C[C@H]2C(C(OC)OC)=CC[C@H]2O1. The topological polar surface area (TPSA) is 36.9 Å². The van der Waals surface area contributed by atoms with Crippen LogP contribution in [0.5, 0.6) is 0 Å². The third-order valence-electron chi connectivity index (χ3n) is 3.29. The molecule has 3 atom stereocenters. The van der Waals surface area contributed by atoms with Gasteiger partial charge in [-0.2, -0.15) is 0 Å². The lowest BCUT2D eigenvalue weighted by Gasteiger charge is -2.20. The second-order valence-electron chi connectivity index (χ2n) is 4.14.